The second kappa shape index (κ2) is 10.8. The van der Waals surface area contributed by atoms with E-state index in [2.05, 4.69) is 47.2 Å². The van der Waals surface area contributed by atoms with Crippen LogP contribution in [0.1, 0.15) is 41.7 Å². The van der Waals surface area contributed by atoms with Crippen molar-refractivity contribution in [3.63, 3.8) is 0 Å². The second-order valence-corrected chi connectivity index (χ2v) is 11.2. The summed E-state index contributed by atoms with van der Waals surface area (Å²) in [6.45, 7) is 6.17. The van der Waals surface area contributed by atoms with E-state index >= 15 is 0 Å². The number of hydrogen-bond acceptors (Lipinski definition) is 3. The zero-order chi connectivity index (χ0) is 26.8. The van der Waals surface area contributed by atoms with Crippen molar-refractivity contribution in [3.05, 3.63) is 127 Å². The number of aromatic nitrogens is 1. The molecular formula is C34H36N3O2+. The van der Waals surface area contributed by atoms with Gasteiger partial charge in [0.15, 0.2) is 6.54 Å². The Hall–Kier alpha value is -3.80. The van der Waals surface area contributed by atoms with Gasteiger partial charge < -0.3 is 14.9 Å². The highest BCUT2D eigenvalue weighted by molar-refractivity contribution is 5.82. The van der Waals surface area contributed by atoms with Crippen molar-refractivity contribution in [2.75, 3.05) is 19.6 Å². The molecule has 198 valence electrons. The molecule has 0 spiro atoms. The van der Waals surface area contributed by atoms with Crippen LogP contribution in [0.2, 0.25) is 0 Å². The third-order valence-corrected chi connectivity index (χ3v) is 9.07. The maximum absolute atomic E-state index is 13.9. The average molecular weight is 519 g/mol. The standard InChI is InChI=1S/C34H35N3O2/c1-2-24-22-37(23-32(38)36-33(25-11-5-3-6-12-25)26-13-7-4-8-14-26)20-18-27(24)21-31(37)34(39)29-17-19-35-30-16-10-9-15-28(29)30/h2-17,19,24,27,31,33-34,39H,1,18,20-23H2/p+1/t24?,27?,31?,34?,37-/m0/s1. The first kappa shape index (κ1) is 25.5. The van der Waals surface area contributed by atoms with Gasteiger partial charge >= 0.3 is 0 Å². The molecule has 1 aromatic heterocycles. The molecule has 3 aliphatic heterocycles. The van der Waals surface area contributed by atoms with E-state index in [0.717, 1.165) is 53.5 Å². The fraction of sp³-hybridized carbons (Fsp3) is 0.294. The first-order chi connectivity index (χ1) is 19.1. The molecule has 39 heavy (non-hydrogen) atoms. The van der Waals surface area contributed by atoms with Gasteiger partial charge in [-0.05, 0) is 34.7 Å². The SMILES string of the molecule is C=CC1C[N@+]2(CC(=O)NC(c3ccccc3)c3ccccc3)CCC1CC2C(O)c1ccnc2ccccc12. The van der Waals surface area contributed by atoms with Crippen LogP contribution >= 0.6 is 0 Å². The van der Waals surface area contributed by atoms with Crippen molar-refractivity contribution < 1.29 is 14.4 Å². The number of para-hydroxylation sites is 1. The molecule has 0 saturated carbocycles. The summed E-state index contributed by atoms with van der Waals surface area (Å²) in [5, 5.41) is 16.3. The quantitative estimate of drug-likeness (QED) is 0.236. The number of hydrogen-bond donors (Lipinski definition) is 2. The highest BCUT2D eigenvalue weighted by Gasteiger charge is 2.54. The van der Waals surface area contributed by atoms with Crippen LogP contribution in [0.4, 0.5) is 0 Å². The predicted octanol–water partition coefficient (Wildman–Crippen LogP) is 5.59. The Morgan fingerprint density at radius 3 is 2.36 bits per heavy atom. The number of pyridine rings is 1. The summed E-state index contributed by atoms with van der Waals surface area (Å²) in [4.78, 5) is 18.4. The number of piperidine rings is 3. The minimum atomic E-state index is -0.682. The largest absolute Gasteiger partial charge is 0.382 e. The Bertz CT molecular complexity index is 1410. The molecule has 3 fully saturated rings. The van der Waals surface area contributed by atoms with Gasteiger partial charge in [-0.15, -0.1) is 6.58 Å². The molecule has 3 aliphatic rings. The summed E-state index contributed by atoms with van der Waals surface area (Å²) >= 11 is 0. The number of nitrogens with zero attached hydrogens (tertiary/aromatic N) is 2. The van der Waals surface area contributed by atoms with Crippen LogP contribution in [0.3, 0.4) is 0 Å². The lowest BCUT2D eigenvalue weighted by Crippen LogP contribution is -2.70. The zero-order valence-electron chi connectivity index (χ0n) is 22.2. The van der Waals surface area contributed by atoms with E-state index in [1.807, 2.05) is 66.7 Å². The zero-order valence-corrected chi connectivity index (χ0v) is 22.2. The van der Waals surface area contributed by atoms with Crippen molar-refractivity contribution in [2.24, 2.45) is 11.8 Å². The first-order valence-corrected chi connectivity index (χ1v) is 14.0. The number of nitrogens with one attached hydrogen (secondary N) is 1. The van der Waals surface area contributed by atoms with Crippen LogP contribution in [0.5, 0.6) is 0 Å². The normalized spacial score (nSPS) is 24.9. The van der Waals surface area contributed by atoms with E-state index < -0.39 is 6.10 Å². The molecule has 2 bridgehead atoms. The van der Waals surface area contributed by atoms with Crippen molar-refractivity contribution in [1.82, 2.24) is 10.3 Å². The van der Waals surface area contributed by atoms with Crippen LogP contribution in [0.15, 0.2) is 110 Å². The highest BCUT2D eigenvalue weighted by atomic mass is 16.3. The van der Waals surface area contributed by atoms with E-state index in [0.29, 0.717) is 22.9 Å². The second-order valence-electron chi connectivity index (χ2n) is 11.2. The van der Waals surface area contributed by atoms with Gasteiger partial charge in [0.25, 0.3) is 5.91 Å². The summed E-state index contributed by atoms with van der Waals surface area (Å²) < 4.78 is 0.577. The Balaban J connectivity index is 1.32. The highest BCUT2D eigenvalue weighted by Crippen LogP contribution is 2.47. The molecule has 0 radical (unpaired) electrons. The van der Waals surface area contributed by atoms with E-state index in [9.17, 15) is 9.90 Å². The number of quaternary nitrogens is 1. The summed E-state index contributed by atoms with van der Waals surface area (Å²) in [7, 11) is 0. The number of amides is 1. The van der Waals surface area contributed by atoms with Gasteiger partial charge in [-0.3, -0.25) is 9.78 Å². The minimum absolute atomic E-state index is 0.00709. The van der Waals surface area contributed by atoms with Crippen LogP contribution in [-0.2, 0) is 4.79 Å². The van der Waals surface area contributed by atoms with Crippen LogP contribution in [0, 0.1) is 11.8 Å². The van der Waals surface area contributed by atoms with Gasteiger partial charge in [-0.25, -0.2) is 0 Å². The molecule has 5 heteroatoms. The molecule has 4 aromatic rings. The molecule has 1 amide bonds. The average Bonchev–Trinajstić information content (AvgIpc) is 3.00. The smallest absolute Gasteiger partial charge is 0.276 e. The summed E-state index contributed by atoms with van der Waals surface area (Å²) in [6.07, 6.45) is 5.09. The predicted molar refractivity (Wildman–Crippen MR) is 155 cm³/mol. The molecule has 4 unspecified atom stereocenters. The number of fused-ring (bicyclic) bond motifs is 4. The lowest BCUT2D eigenvalue weighted by molar-refractivity contribution is -0.966. The first-order valence-electron chi connectivity index (χ1n) is 14.0. The van der Waals surface area contributed by atoms with Crippen molar-refractivity contribution >= 4 is 16.8 Å². The number of rotatable bonds is 8. The van der Waals surface area contributed by atoms with Gasteiger partial charge in [-0.2, -0.15) is 0 Å². The summed E-state index contributed by atoms with van der Waals surface area (Å²) in [5.41, 5.74) is 3.89. The number of carbonyl (C=O) groups excluding carboxylic acids is 1. The molecule has 4 heterocycles. The third-order valence-electron chi connectivity index (χ3n) is 9.07. The summed E-state index contributed by atoms with van der Waals surface area (Å²) in [6, 6.07) is 29.9. The van der Waals surface area contributed by atoms with Gasteiger partial charge in [0, 0.05) is 30.3 Å². The topological polar surface area (TPSA) is 62.2 Å². The van der Waals surface area contributed by atoms with Crippen LogP contribution < -0.4 is 5.32 Å². The molecule has 2 N–H and O–H groups in total. The van der Waals surface area contributed by atoms with E-state index in [1.165, 1.54) is 0 Å². The van der Waals surface area contributed by atoms with Gasteiger partial charge in [0.05, 0.1) is 24.6 Å². The van der Waals surface area contributed by atoms with Crippen molar-refractivity contribution in [2.45, 2.75) is 31.0 Å². The van der Waals surface area contributed by atoms with Crippen molar-refractivity contribution in [3.8, 4) is 0 Å². The van der Waals surface area contributed by atoms with E-state index in [-0.39, 0.29) is 18.0 Å². The van der Waals surface area contributed by atoms with Crippen LogP contribution in [-0.4, -0.2) is 46.2 Å². The van der Waals surface area contributed by atoms with Gasteiger partial charge in [0.1, 0.15) is 12.1 Å². The van der Waals surface area contributed by atoms with E-state index in [4.69, 9.17) is 0 Å². The number of aliphatic hydroxyl groups excluding tert-OH is 1. The molecular weight excluding hydrogens is 482 g/mol. The van der Waals surface area contributed by atoms with E-state index in [1.54, 1.807) is 6.20 Å². The maximum atomic E-state index is 13.9. The fourth-order valence-corrected chi connectivity index (χ4v) is 7.11. The van der Waals surface area contributed by atoms with Crippen molar-refractivity contribution in [1.29, 1.82) is 0 Å². The molecule has 5 nitrogen and oxygen atoms in total. The Morgan fingerprint density at radius 2 is 1.67 bits per heavy atom. The number of benzene rings is 3. The summed E-state index contributed by atoms with van der Waals surface area (Å²) in [5.74, 6) is 0.843. The molecule has 3 saturated heterocycles. The van der Waals surface area contributed by atoms with Gasteiger partial charge in [-0.1, -0.05) is 84.9 Å². The monoisotopic (exact) mass is 518 g/mol. The number of aliphatic hydroxyl groups is 1. The molecule has 5 atom stereocenters. The maximum Gasteiger partial charge on any atom is 0.276 e. The molecule has 0 aliphatic carbocycles. The minimum Gasteiger partial charge on any atom is -0.382 e. The fourth-order valence-electron chi connectivity index (χ4n) is 7.11. The van der Waals surface area contributed by atoms with Gasteiger partial charge in [0.2, 0.25) is 0 Å². The Labute approximate surface area is 230 Å². The molecule has 7 rings (SSSR count). The number of carbonyl (C=O) groups is 1. The lowest BCUT2D eigenvalue weighted by atomic mass is 9.71. The third kappa shape index (κ3) is 4.88. The Kier molecular flexibility index (Phi) is 7.03. The lowest BCUT2D eigenvalue weighted by Gasteiger charge is -2.57. The Morgan fingerprint density at radius 1 is 1.00 bits per heavy atom. The van der Waals surface area contributed by atoms with Crippen LogP contribution in [0.25, 0.3) is 10.9 Å². The molecule has 3 aromatic carbocycles.